The van der Waals surface area contributed by atoms with Gasteiger partial charge in [-0.3, -0.25) is 0 Å². The number of nitrogens with zero attached hydrogens (tertiary/aromatic N) is 2. The van der Waals surface area contributed by atoms with Crippen molar-refractivity contribution in [2.45, 2.75) is 6.54 Å². The molecule has 2 aromatic carbocycles. The smallest absolute Gasteiger partial charge is 0.190 e. The fourth-order valence-corrected chi connectivity index (χ4v) is 3.47. The zero-order valence-corrected chi connectivity index (χ0v) is 15.0. The molecule has 3 aromatic rings. The van der Waals surface area contributed by atoms with E-state index in [-0.39, 0.29) is 6.61 Å². The maximum absolute atomic E-state index is 9.47. The van der Waals surface area contributed by atoms with Gasteiger partial charge in [-0.05, 0) is 36.4 Å². The van der Waals surface area contributed by atoms with Crippen LogP contribution in [-0.2, 0) is 6.54 Å². The first-order valence-electron chi connectivity index (χ1n) is 7.87. The van der Waals surface area contributed by atoms with Gasteiger partial charge in [-0.1, -0.05) is 12.1 Å². The van der Waals surface area contributed by atoms with Crippen molar-refractivity contribution < 1.29 is 14.6 Å². The minimum atomic E-state index is 0.0451. The molecule has 0 saturated heterocycles. The van der Waals surface area contributed by atoms with Crippen LogP contribution in [0.15, 0.2) is 58.9 Å². The molecule has 0 aliphatic carbocycles. The molecule has 6 heteroatoms. The number of methoxy groups -OCH3 is 2. The molecule has 0 aliphatic rings. The van der Waals surface area contributed by atoms with E-state index in [1.807, 2.05) is 58.5 Å². The maximum atomic E-state index is 9.47. The molecule has 1 aromatic heterocycles. The Balaban J connectivity index is 2.05. The van der Waals surface area contributed by atoms with E-state index in [0.717, 1.165) is 33.2 Å². The predicted octanol–water partition coefficient (Wildman–Crippen LogP) is 3.46. The molecule has 5 nitrogen and oxygen atoms in total. The monoisotopic (exact) mass is 356 g/mol. The first kappa shape index (κ1) is 17.3. The van der Waals surface area contributed by atoms with Crippen LogP contribution in [-0.4, -0.2) is 30.5 Å². The lowest BCUT2D eigenvalue weighted by Gasteiger charge is -2.09. The fraction of sp³-hybridized carbons (Fsp3) is 0.211. The van der Waals surface area contributed by atoms with E-state index in [4.69, 9.17) is 14.5 Å². The Morgan fingerprint density at radius 1 is 1.04 bits per heavy atom. The Labute approximate surface area is 150 Å². The van der Waals surface area contributed by atoms with Crippen LogP contribution in [0.5, 0.6) is 11.5 Å². The second-order valence-electron chi connectivity index (χ2n) is 5.32. The average Bonchev–Trinajstić information content (AvgIpc) is 3.05. The summed E-state index contributed by atoms with van der Waals surface area (Å²) in [5, 5.41) is 11.5. The third-order valence-corrected chi connectivity index (χ3v) is 4.65. The predicted molar refractivity (Wildman–Crippen MR) is 99.6 cm³/mol. The molecule has 25 heavy (non-hydrogen) atoms. The second-order valence-corrected chi connectivity index (χ2v) is 6.16. The van der Waals surface area contributed by atoms with Crippen LogP contribution in [0.4, 0.5) is 5.69 Å². The number of ether oxygens (including phenoxy) is 2. The van der Waals surface area contributed by atoms with Crippen LogP contribution in [0.1, 0.15) is 0 Å². The number of hydrogen-bond acceptors (Lipinski definition) is 5. The topological polar surface area (TPSA) is 56.0 Å². The minimum Gasteiger partial charge on any atom is -0.497 e. The van der Waals surface area contributed by atoms with Gasteiger partial charge in [-0.2, -0.15) is 0 Å². The first-order valence-corrected chi connectivity index (χ1v) is 8.75. The summed E-state index contributed by atoms with van der Waals surface area (Å²) in [5.41, 5.74) is 2.87. The second kappa shape index (κ2) is 8.00. The van der Waals surface area contributed by atoms with Crippen molar-refractivity contribution in [3.05, 3.63) is 58.7 Å². The third-order valence-electron chi connectivity index (χ3n) is 3.78. The van der Waals surface area contributed by atoms with Gasteiger partial charge in [0.25, 0.3) is 0 Å². The van der Waals surface area contributed by atoms with E-state index in [1.54, 1.807) is 25.6 Å². The summed E-state index contributed by atoms with van der Waals surface area (Å²) >= 11 is 1.54. The van der Waals surface area contributed by atoms with Gasteiger partial charge in [0.2, 0.25) is 0 Å². The van der Waals surface area contributed by atoms with Crippen LogP contribution in [0.25, 0.3) is 11.3 Å². The van der Waals surface area contributed by atoms with Crippen molar-refractivity contribution in [3.63, 3.8) is 0 Å². The number of thiazole rings is 1. The lowest BCUT2D eigenvalue weighted by atomic mass is 10.1. The van der Waals surface area contributed by atoms with Crippen LogP contribution in [0.2, 0.25) is 0 Å². The SMILES string of the molecule is COc1ccc(N=c2scc(-c3cccc(OC)c3)n2CCO)cc1. The van der Waals surface area contributed by atoms with E-state index in [2.05, 4.69) is 0 Å². The molecule has 0 aliphatic heterocycles. The summed E-state index contributed by atoms with van der Waals surface area (Å²) in [6.07, 6.45) is 0. The standard InChI is InChI=1S/C19H20N2O3S/c1-23-16-8-6-15(7-9-16)20-19-21(10-11-22)18(13-25-19)14-4-3-5-17(12-14)24-2/h3-9,12-13,22H,10-11H2,1-2H3. The van der Waals surface area contributed by atoms with E-state index >= 15 is 0 Å². The molecule has 0 atom stereocenters. The van der Waals surface area contributed by atoms with Crippen molar-refractivity contribution >= 4 is 17.0 Å². The fourth-order valence-electron chi connectivity index (χ4n) is 2.52. The molecule has 1 heterocycles. The quantitative estimate of drug-likeness (QED) is 0.736. The van der Waals surface area contributed by atoms with E-state index in [9.17, 15) is 5.11 Å². The van der Waals surface area contributed by atoms with Gasteiger partial charge >= 0.3 is 0 Å². The van der Waals surface area contributed by atoms with Crippen molar-refractivity contribution in [1.82, 2.24) is 4.57 Å². The molecule has 3 rings (SSSR count). The van der Waals surface area contributed by atoms with E-state index in [0.29, 0.717) is 6.54 Å². The summed E-state index contributed by atoms with van der Waals surface area (Å²) in [6, 6.07) is 15.4. The Bertz CT molecular complexity index is 898. The van der Waals surface area contributed by atoms with Gasteiger partial charge in [0, 0.05) is 17.5 Å². The molecule has 0 saturated carbocycles. The van der Waals surface area contributed by atoms with Crippen molar-refractivity contribution in [3.8, 4) is 22.8 Å². The number of rotatable bonds is 6. The van der Waals surface area contributed by atoms with Gasteiger partial charge < -0.3 is 19.1 Å². The van der Waals surface area contributed by atoms with Crippen LogP contribution < -0.4 is 14.3 Å². The van der Waals surface area contributed by atoms with Gasteiger partial charge in [-0.15, -0.1) is 11.3 Å². The lowest BCUT2D eigenvalue weighted by molar-refractivity contribution is 0.275. The Hall–Kier alpha value is -2.57. The lowest BCUT2D eigenvalue weighted by Crippen LogP contribution is -2.17. The highest BCUT2D eigenvalue weighted by Crippen LogP contribution is 2.25. The number of aliphatic hydroxyl groups excluding tert-OH is 1. The highest BCUT2D eigenvalue weighted by molar-refractivity contribution is 7.07. The van der Waals surface area contributed by atoms with Gasteiger partial charge in [0.15, 0.2) is 4.80 Å². The van der Waals surface area contributed by atoms with Crippen molar-refractivity contribution in [2.75, 3.05) is 20.8 Å². The summed E-state index contributed by atoms with van der Waals surface area (Å²) < 4.78 is 12.5. The maximum Gasteiger partial charge on any atom is 0.190 e. The minimum absolute atomic E-state index is 0.0451. The van der Waals surface area contributed by atoms with Crippen molar-refractivity contribution in [1.29, 1.82) is 0 Å². The van der Waals surface area contributed by atoms with Crippen LogP contribution >= 0.6 is 11.3 Å². The van der Waals surface area contributed by atoms with Gasteiger partial charge in [0.05, 0.1) is 32.2 Å². The number of benzene rings is 2. The molecule has 130 valence electrons. The van der Waals surface area contributed by atoms with E-state index < -0.39 is 0 Å². The summed E-state index contributed by atoms with van der Waals surface area (Å²) in [6.45, 7) is 0.522. The number of hydrogen-bond donors (Lipinski definition) is 1. The van der Waals surface area contributed by atoms with Gasteiger partial charge in [0.1, 0.15) is 11.5 Å². The molecule has 1 N–H and O–H groups in total. The third kappa shape index (κ3) is 3.92. The molecule has 0 unspecified atom stereocenters. The molecule has 0 spiro atoms. The normalized spacial score (nSPS) is 11.6. The molecule has 0 radical (unpaired) electrons. The molecular formula is C19H20N2O3S. The first-order chi connectivity index (χ1) is 12.2. The molecular weight excluding hydrogens is 336 g/mol. The molecule has 0 bridgehead atoms. The van der Waals surface area contributed by atoms with Gasteiger partial charge in [-0.25, -0.2) is 4.99 Å². The summed E-state index contributed by atoms with van der Waals surface area (Å²) in [5.74, 6) is 1.60. The zero-order valence-electron chi connectivity index (χ0n) is 14.2. The molecule has 0 amide bonds. The number of aromatic nitrogens is 1. The Morgan fingerprint density at radius 2 is 1.80 bits per heavy atom. The highest BCUT2D eigenvalue weighted by Gasteiger charge is 2.09. The number of aliphatic hydroxyl groups is 1. The van der Waals surface area contributed by atoms with Crippen molar-refractivity contribution in [2.24, 2.45) is 4.99 Å². The largest absolute Gasteiger partial charge is 0.497 e. The zero-order chi connectivity index (χ0) is 17.6. The summed E-state index contributed by atoms with van der Waals surface area (Å²) in [7, 11) is 3.29. The van der Waals surface area contributed by atoms with Crippen LogP contribution in [0, 0.1) is 0 Å². The average molecular weight is 356 g/mol. The summed E-state index contributed by atoms with van der Waals surface area (Å²) in [4.78, 5) is 5.54. The Morgan fingerprint density at radius 3 is 2.48 bits per heavy atom. The molecule has 0 fully saturated rings. The van der Waals surface area contributed by atoms with E-state index in [1.165, 1.54) is 0 Å². The Kier molecular flexibility index (Phi) is 5.53. The highest BCUT2D eigenvalue weighted by atomic mass is 32.1. The van der Waals surface area contributed by atoms with Crippen LogP contribution in [0.3, 0.4) is 0 Å².